The fourth-order valence-electron chi connectivity index (χ4n) is 2.52. The summed E-state index contributed by atoms with van der Waals surface area (Å²) < 4.78 is 64.1. The summed E-state index contributed by atoms with van der Waals surface area (Å²) in [5.74, 6) is -0.689. The maximum absolute atomic E-state index is 14.0. The molecule has 0 aliphatic carbocycles. The first-order valence-electron chi connectivity index (χ1n) is 7.61. The van der Waals surface area contributed by atoms with E-state index in [-0.39, 0.29) is 27.4 Å². The largest absolute Gasteiger partial charge is 0.392 e. The van der Waals surface area contributed by atoms with Crippen LogP contribution < -0.4 is 5.14 Å². The third-order valence-corrected chi connectivity index (χ3v) is 4.81. The third kappa shape index (κ3) is 3.87. The van der Waals surface area contributed by atoms with Gasteiger partial charge in [0.15, 0.2) is 0 Å². The van der Waals surface area contributed by atoms with Crippen LogP contribution in [0.15, 0.2) is 53.4 Å². The summed E-state index contributed by atoms with van der Waals surface area (Å²) in [7, 11) is -3.91. The molecule has 0 unspecified atom stereocenters. The molecule has 0 radical (unpaired) electrons. The maximum Gasteiger partial charge on any atom is 0.282 e. The third-order valence-electron chi connectivity index (χ3n) is 3.88. The van der Waals surface area contributed by atoms with Gasteiger partial charge in [-0.15, -0.1) is 0 Å². The van der Waals surface area contributed by atoms with Gasteiger partial charge in [0.25, 0.3) is 6.43 Å². The number of alkyl halides is 2. The zero-order chi connectivity index (χ0) is 19.8. The second-order valence-electron chi connectivity index (χ2n) is 5.67. The monoisotopic (exact) mass is 397 g/mol. The molecule has 2 aromatic carbocycles. The molecule has 1 heterocycles. The van der Waals surface area contributed by atoms with E-state index in [1.807, 2.05) is 0 Å². The van der Waals surface area contributed by atoms with Crippen molar-refractivity contribution < 1.29 is 26.7 Å². The quantitative estimate of drug-likeness (QED) is 0.692. The summed E-state index contributed by atoms with van der Waals surface area (Å²) >= 11 is 0. The number of hydrogen-bond donors (Lipinski definition) is 2. The number of primary sulfonamides is 1. The highest BCUT2D eigenvalue weighted by Crippen LogP contribution is 2.29. The molecule has 3 N–H and O–H groups in total. The molecule has 3 rings (SSSR count). The fraction of sp³-hybridized carbons (Fsp3) is 0.118. The van der Waals surface area contributed by atoms with Crippen LogP contribution in [0.25, 0.3) is 16.9 Å². The predicted molar refractivity (Wildman–Crippen MR) is 91.2 cm³/mol. The van der Waals surface area contributed by atoms with Crippen molar-refractivity contribution in [2.24, 2.45) is 5.14 Å². The number of aromatic nitrogens is 2. The van der Waals surface area contributed by atoms with Crippen molar-refractivity contribution in [3.63, 3.8) is 0 Å². The van der Waals surface area contributed by atoms with Gasteiger partial charge >= 0.3 is 0 Å². The zero-order valence-corrected chi connectivity index (χ0v) is 14.5. The van der Waals surface area contributed by atoms with Gasteiger partial charge in [-0.3, -0.25) is 0 Å². The van der Waals surface area contributed by atoms with Crippen molar-refractivity contribution in [3.8, 4) is 16.9 Å². The van der Waals surface area contributed by atoms with Crippen molar-refractivity contribution >= 4 is 10.0 Å². The lowest BCUT2D eigenvalue weighted by atomic mass is 10.1. The first kappa shape index (κ1) is 19.1. The van der Waals surface area contributed by atoms with Crippen LogP contribution in [-0.4, -0.2) is 23.3 Å². The Kier molecular flexibility index (Phi) is 5.05. The summed E-state index contributed by atoms with van der Waals surface area (Å²) in [6, 6.07) is 10.2. The van der Waals surface area contributed by atoms with Gasteiger partial charge in [0.1, 0.15) is 11.5 Å². The zero-order valence-electron chi connectivity index (χ0n) is 13.7. The lowest BCUT2D eigenvalue weighted by Gasteiger charge is -2.09. The number of nitrogens with two attached hydrogens (primary N) is 1. The lowest BCUT2D eigenvalue weighted by Crippen LogP contribution is -2.12. The summed E-state index contributed by atoms with van der Waals surface area (Å²) in [4.78, 5) is -0.146. The molecule has 10 heteroatoms. The predicted octanol–water partition coefficient (Wildman–Crippen LogP) is 2.76. The number of aliphatic hydroxyl groups excluding tert-OH is 1. The molecule has 0 fully saturated rings. The number of hydrogen-bond acceptors (Lipinski definition) is 4. The van der Waals surface area contributed by atoms with Crippen LogP contribution in [0.4, 0.5) is 13.2 Å². The van der Waals surface area contributed by atoms with Crippen LogP contribution in [-0.2, 0) is 16.6 Å². The Balaban J connectivity index is 2.14. The molecular formula is C17H14F3N3O3S. The number of halogens is 3. The second kappa shape index (κ2) is 7.14. The van der Waals surface area contributed by atoms with Crippen molar-refractivity contribution in [2.75, 3.05) is 0 Å². The van der Waals surface area contributed by atoms with Gasteiger partial charge in [-0.25, -0.2) is 31.4 Å². The van der Waals surface area contributed by atoms with Crippen molar-refractivity contribution in [1.82, 2.24) is 9.78 Å². The Bertz CT molecular complexity index is 1080. The van der Waals surface area contributed by atoms with E-state index >= 15 is 0 Å². The molecule has 0 saturated heterocycles. The molecule has 0 amide bonds. The molecular weight excluding hydrogens is 383 g/mol. The topological polar surface area (TPSA) is 98.2 Å². The molecule has 27 heavy (non-hydrogen) atoms. The molecule has 142 valence electrons. The van der Waals surface area contributed by atoms with Gasteiger partial charge < -0.3 is 5.11 Å². The number of rotatable bonds is 5. The second-order valence-corrected chi connectivity index (χ2v) is 7.23. The van der Waals surface area contributed by atoms with Crippen LogP contribution in [0.1, 0.15) is 17.7 Å². The van der Waals surface area contributed by atoms with Crippen molar-refractivity contribution in [1.29, 1.82) is 0 Å². The van der Waals surface area contributed by atoms with E-state index in [1.54, 1.807) is 0 Å². The Morgan fingerprint density at radius 2 is 1.78 bits per heavy atom. The van der Waals surface area contributed by atoms with E-state index in [2.05, 4.69) is 5.10 Å². The average Bonchev–Trinajstić information content (AvgIpc) is 3.06. The molecule has 0 bridgehead atoms. The Morgan fingerprint density at radius 1 is 1.11 bits per heavy atom. The van der Waals surface area contributed by atoms with Gasteiger partial charge in [0.2, 0.25) is 10.0 Å². The minimum atomic E-state index is -3.91. The van der Waals surface area contributed by atoms with Gasteiger partial charge in [-0.2, -0.15) is 5.10 Å². The lowest BCUT2D eigenvalue weighted by molar-refractivity contribution is 0.145. The number of benzene rings is 2. The first-order chi connectivity index (χ1) is 12.7. The summed E-state index contributed by atoms with van der Waals surface area (Å²) in [5.41, 5.74) is 0.274. The summed E-state index contributed by atoms with van der Waals surface area (Å²) in [5, 5.41) is 17.9. The molecule has 0 aliphatic heterocycles. The van der Waals surface area contributed by atoms with E-state index in [4.69, 9.17) is 10.2 Å². The molecule has 6 nitrogen and oxygen atoms in total. The Hall–Kier alpha value is -2.69. The van der Waals surface area contributed by atoms with Crippen molar-refractivity contribution in [3.05, 3.63) is 65.6 Å². The standard InChI is InChI=1S/C17H14F3N3O3S/c18-14-7-10(1-2-11(14)9-24)16-8-15(17(19)20)22-23(16)12-3-5-13(6-4-12)27(21,25)26/h1-8,17,24H,9H2,(H2,21,25,26). The molecule has 1 aromatic heterocycles. The average molecular weight is 397 g/mol. The van der Waals surface area contributed by atoms with Crippen LogP contribution >= 0.6 is 0 Å². The first-order valence-corrected chi connectivity index (χ1v) is 9.16. The van der Waals surface area contributed by atoms with Crippen LogP contribution in [0.5, 0.6) is 0 Å². The highest BCUT2D eigenvalue weighted by atomic mass is 32.2. The van der Waals surface area contributed by atoms with Gasteiger partial charge in [0.05, 0.1) is 22.9 Å². The smallest absolute Gasteiger partial charge is 0.282 e. The molecule has 3 aromatic rings. The SMILES string of the molecule is NS(=O)(=O)c1ccc(-n2nc(C(F)F)cc2-c2ccc(CO)c(F)c2)cc1. The van der Waals surface area contributed by atoms with Gasteiger partial charge in [-0.05, 0) is 36.4 Å². The van der Waals surface area contributed by atoms with E-state index in [0.29, 0.717) is 0 Å². The van der Waals surface area contributed by atoms with Crippen LogP contribution in [0.2, 0.25) is 0 Å². The van der Waals surface area contributed by atoms with E-state index in [9.17, 15) is 21.6 Å². The minimum absolute atomic E-state index is 0.0661. The molecule has 0 spiro atoms. The van der Waals surface area contributed by atoms with E-state index < -0.39 is 34.6 Å². The van der Waals surface area contributed by atoms with Crippen LogP contribution in [0, 0.1) is 5.82 Å². The number of sulfonamides is 1. The fourth-order valence-corrected chi connectivity index (χ4v) is 3.04. The highest BCUT2D eigenvalue weighted by molar-refractivity contribution is 7.89. The normalized spacial score (nSPS) is 11.9. The van der Waals surface area contributed by atoms with Gasteiger partial charge in [0, 0.05) is 11.1 Å². The number of nitrogens with zero attached hydrogens (tertiary/aromatic N) is 2. The van der Waals surface area contributed by atoms with E-state index in [1.165, 1.54) is 36.4 Å². The summed E-state index contributed by atoms with van der Waals surface area (Å²) in [6.07, 6.45) is -2.85. The van der Waals surface area contributed by atoms with Crippen molar-refractivity contribution in [2.45, 2.75) is 17.9 Å². The Morgan fingerprint density at radius 3 is 2.30 bits per heavy atom. The highest BCUT2D eigenvalue weighted by Gasteiger charge is 2.19. The van der Waals surface area contributed by atoms with Gasteiger partial charge in [-0.1, -0.05) is 12.1 Å². The Labute approximate surface area is 152 Å². The maximum atomic E-state index is 14.0. The minimum Gasteiger partial charge on any atom is -0.392 e. The molecule has 0 atom stereocenters. The number of aliphatic hydroxyl groups is 1. The molecule has 0 saturated carbocycles. The van der Waals surface area contributed by atoms with E-state index in [0.717, 1.165) is 16.8 Å². The van der Waals surface area contributed by atoms with Crippen LogP contribution in [0.3, 0.4) is 0 Å². The molecule has 0 aliphatic rings. The summed E-state index contributed by atoms with van der Waals surface area (Å²) in [6.45, 7) is -0.497.